The highest BCUT2D eigenvalue weighted by Gasteiger charge is 2.17. The van der Waals surface area contributed by atoms with Gasteiger partial charge in [0.25, 0.3) is 0 Å². The number of aromatic amines is 1. The van der Waals surface area contributed by atoms with Crippen LogP contribution in [-0.2, 0) is 12.0 Å². The molecule has 0 atom stereocenters. The minimum atomic E-state index is 0.000539. The summed E-state index contributed by atoms with van der Waals surface area (Å²) in [6, 6.07) is 3.98. The van der Waals surface area contributed by atoms with Gasteiger partial charge in [-0.25, -0.2) is 4.98 Å². The van der Waals surface area contributed by atoms with Gasteiger partial charge in [-0.3, -0.25) is 10.1 Å². The van der Waals surface area contributed by atoms with Crippen LogP contribution in [0.2, 0.25) is 0 Å². The normalized spacial score (nSPS) is 11.4. The van der Waals surface area contributed by atoms with Gasteiger partial charge in [0, 0.05) is 46.8 Å². The summed E-state index contributed by atoms with van der Waals surface area (Å²) in [5.74, 6) is 1.86. The molecule has 26 heavy (non-hydrogen) atoms. The number of H-pyrrole nitrogens is 1. The molecule has 0 saturated carbocycles. The molecule has 0 spiro atoms. The first kappa shape index (κ1) is 18.8. The van der Waals surface area contributed by atoms with Crippen molar-refractivity contribution in [2.24, 2.45) is 0 Å². The SMILES string of the molecule is CC(C)(C)c1cc(Nc2nc(NCc3cncc(Br)c3)ncc2Br)n[nH]1. The van der Waals surface area contributed by atoms with Crippen LogP contribution in [0.4, 0.5) is 17.6 Å². The third kappa shape index (κ3) is 4.79. The number of hydrogen-bond donors (Lipinski definition) is 3. The molecule has 0 aromatic carbocycles. The predicted molar refractivity (Wildman–Crippen MR) is 110 cm³/mol. The second kappa shape index (κ2) is 7.71. The molecule has 0 radical (unpaired) electrons. The van der Waals surface area contributed by atoms with Gasteiger partial charge in [0.1, 0.15) is 0 Å². The first-order chi connectivity index (χ1) is 12.3. The fourth-order valence-corrected chi connectivity index (χ4v) is 2.87. The molecule has 0 amide bonds. The van der Waals surface area contributed by atoms with Gasteiger partial charge in [0.2, 0.25) is 5.95 Å². The molecule has 7 nitrogen and oxygen atoms in total. The van der Waals surface area contributed by atoms with Crippen molar-refractivity contribution >= 4 is 49.4 Å². The lowest BCUT2D eigenvalue weighted by molar-refractivity contribution is 0.567. The van der Waals surface area contributed by atoms with Crippen LogP contribution in [0.3, 0.4) is 0 Å². The molecule has 3 heterocycles. The van der Waals surface area contributed by atoms with Crippen molar-refractivity contribution in [3.8, 4) is 0 Å². The Bertz CT molecular complexity index is 902. The second-order valence-corrected chi connectivity index (χ2v) is 8.57. The molecule has 0 aliphatic heterocycles. The Morgan fingerprint density at radius 2 is 1.92 bits per heavy atom. The van der Waals surface area contributed by atoms with E-state index in [-0.39, 0.29) is 5.41 Å². The molecule has 136 valence electrons. The van der Waals surface area contributed by atoms with E-state index < -0.39 is 0 Å². The van der Waals surface area contributed by atoms with Crippen molar-refractivity contribution in [3.05, 3.63) is 50.9 Å². The van der Waals surface area contributed by atoms with E-state index in [0.717, 1.165) is 20.2 Å². The highest BCUT2D eigenvalue weighted by Crippen LogP contribution is 2.26. The Morgan fingerprint density at radius 3 is 2.62 bits per heavy atom. The minimum Gasteiger partial charge on any atom is -0.350 e. The van der Waals surface area contributed by atoms with Crippen molar-refractivity contribution in [3.63, 3.8) is 0 Å². The number of anilines is 3. The summed E-state index contributed by atoms with van der Waals surface area (Å²) >= 11 is 6.89. The van der Waals surface area contributed by atoms with Crippen molar-refractivity contribution in [2.45, 2.75) is 32.7 Å². The summed E-state index contributed by atoms with van der Waals surface area (Å²) < 4.78 is 1.69. The highest BCUT2D eigenvalue weighted by molar-refractivity contribution is 9.10. The van der Waals surface area contributed by atoms with Crippen LogP contribution in [0.5, 0.6) is 0 Å². The third-order valence-corrected chi connectivity index (χ3v) is 4.60. The van der Waals surface area contributed by atoms with E-state index in [1.807, 2.05) is 12.1 Å². The third-order valence-electron chi connectivity index (χ3n) is 3.59. The average molecular weight is 481 g/mol. The van der Waals surface area contributed by atoms with Crippen LogP contribution in [0, 0.1) is 0 Å². The van der Waals surface area contributed by atoms with Gasteiger partial charge in [-0.2, -0.15) is 10.1 Å². The molecule has 0 saturated heterocycles. The van der Waals surface area contributed by atoms with E-state index in [0.29, 0.717) is 24.1 Å². The molecular weight excluding hydrogens is 462 g/mol. The smallest absolute Gasteiger partial charge is 0.224 e. The number of pyridine rings is 1. The van der Waals surface area contributed by atoms with E-state index in [9.17, 15) is 0 Å². The number of halogens is 2. The van der Waals surface area contributed by atoms with Crippen molar-refractivity contribution in [1.82, 2.24) is 25.1 Å². The maximum Gasteiger partial charge on any atom is 0.224 e. The van der Waals surface area contributed by atoms with Gasteiger partial charge in [0.05, 0.1) is 4.47 Å². The Kier molecular flexibility index (Phi) is 5.57. The van der Waals surface area contributed by atoms with Crippen molar-refractivity contribution in [2.75, 3.05) is 10.6 Å². The number of rotatable bonds is 5. The van der Waals surface area contributed by atoms with Gasteiger partial charge in [-0.1, -0.05) is 20.8 Å². The van der Waals surface area contributed by atoms with Crippen LogP contribution in [0.25, 0.3) is 0 Å². The molecule has 3 aromatic heterocycles. The van der Waals surface area contributed by atoms with Crippen molar-refractivity contribution in [1.29, 1.82) is 0 Å². The fraction of sp³-hybridized carbons (Fsp3) is 0.294. The summed E-state index contributed by atoms with van der Waals surface area (Å²) in [6.45, 7) is 6.96. The van der Waals surface area contributed by atoms with Gasteiger partial charge in [-0.15, -0.1) is 0 Å². The first-order valence-electron chi connectivity index (χ1n) is 8.00. The molecule has 3 aromatic rings. The lowest BCUT2D eigenvalue weighted by Crippen LogP contribution is -2.11. The maximum absolute atomic E-state index is 4.51. The van der Waals surface area contributed by atoms with Gasteiger partial charge < -0.3 is 10.6 Å². The van der Waals surface area contributed by atoms with E-state index in [1.54, 1.807) is 18.6 Å². The van der Waals surface area contributed by atoms with E-state index >= 15 is 0 Å². The number of nitrogens with one attached hydrogen (secondary N) is 3. The molecule has 3 N–H and O–H groups in total. The highest BCUT2D eigenvalue weighted by atomic mass is 79.9. The van der Waals surface area contributed by atoms with Crippen LogP contribution in [0.15, 0.2) is 39.7 Å². The van der Waals surface area contributed by atoms with E-state index in [1.165, 1.54) is 0 Å². The minimum absolute atomic E-state index is 0.000539. The maximum atomic E-state index is 4.51. The van der Waals surface area contributed by atoms with E-state index in [4.69, 9.17) is 0 Å². The second-order valence-electron chi connectivity index (χ2n) is 6.80. The fourth-order valence-electron chi connectivity index (χ4n) is 2.16. The van der Waals surface area contributed by atoms with Gasteiger partial charge >= 0.3 is 0 Å². The molecule has 3 rings (SSSR count). The zero-order valence-corrected chi connectivity index (χ0v) is 17.8. The standard InChI is InChI=1S/C17H19Br2N7/c1-17(2,3)13-5-14(26-25-13)23-15-12(19)9-22-16(24-15)21-7-10-4-11(18)8-20-6-10/h4-6,8-9H,7H2,1-3H3,(H3,21,22,23,24,25,26). The lowest BCUT2D eigenvalue weighted by atomic mass is 9.92. The zero-order chi connectivity index (χ0) is 18.7. The topological polar surface area (TPSA) is 91.4 Å². The van der Waals surface area contributed by atoms with E-state index in [2.05, 4.69) is 88.4 Å². The quantitative estimate of drug-likeness (QED) is 0.487. The monoisotopic (exact) mass is 479 g/mol. The summed E-state index contributed by atoms with van der Waals surface area (Å²) in [7, 11) is 0. The molecule has 0 fully saturated rings. The molecule has 0 bridgehead atoms. The molecular formula is C17H19Br2N7. The first-order valence-corrected chi connectivity index (χ1v) is 9.58. The molecule has 9 heteroatoms. The lowest BCUT2D eigenvalue weighted by Gasteiger charge is -2.14. The molecule has 0 unspecified atom stereocenters. The van der Waals surface area contributed by atoms with Crippen molar-refractivity contribution < 1.29 is 0 Å². The van der Waals surface area contributed by atoms with Gasteiger partial charge in [-0.05, 0) is 43.5 Å². The zero-order valence-electron chi connectivity index (χ0n) is 14.6. The molecule has 0 aliphatic carbocycles. The Labute approximate surface area is 168 Å². The van der Waals surface area contributed by atoms with Crippen LogP contribution in [0.1, 0.15) is 32.0 Å². The summed E-state index contributed by atoms with van der Waals surface area (Å²) in [5.41, 5.74) is 2.08. The van der Waals surface area contributed by atoms with Crippen LogP contribution < -0.4 is 10.6 Å². The van der Waals surface area contributed by atoms with Gasteiger partial charge in [0.15, 0.2) is 11.6 Å². The van der Waals surface area contributed by atoms with Crippen LogP contribution in [-0.4, -0.2) is 25.1 Å². The van der Waals surface area contributed by atoms with Crippen LogP contribution >= 0.6 is 31.9 Å². The Morgan fingerprint density at radius 1 is 1.12 bits per heavy atom. The molecule has 0 aliphatic rings. The summed E-state index contributed by atoms with van der Waals surface area (Å²) in [5, 5.41) is 13.8. The number of nitrogens with zero attached hydrogens (tertiary/aromatic N) is 4. The number of hydrogen-bond acceptors (Lipinski definition) is 6. The predicted octanol–water partition coefficient (Wildman–Crippen LogP) is 4.77. The summed E-state index contributed by atoms with van der Waals surface area (Å²) in [4.78, 5) is 13.0. The number of aromatic nitrogens is 5. The average Bonchev–Trinajstić information content (AvgIpc) is 3.04. The Balaban J connectivity index is 1.72. The Hall–Kier alpha value is -2.00. The summed E-state index contributed by atoms with van der Waals surface area (Å²) in [6.07, 6.45) is 5.25. The largest absolute Gasteiger partial charge is 0.350 e.